The molecule has 134 valence electrons. The normalized spacial score (nSPS) is 15.3. The predicted molar refractivity (Wildman–Crippen MR) is 77.1 cm³/mol. The van der Waals surface area contributed by atoms with Crippen molar-refractivity contribution in [3.05, 3.63) is 41.1 Å². The lowest BCUT2D eigenvalue weighted by Gasteiger charge is -2.27. The number of hydrogen-bond acceptors (Lipinski definition) is 1. The molecular formula is C14H12ClF7N2. The summed E-state index contributed by atoms with van der Waals surface area (Å²) >= 11 is 5.70. The van der Waals surface area contributed by atoms with Crippen molar-refractivity contribution in [3.63, 3.8) is 0 Å². The highest BCUT2D eigenvalue weighted by atomic mass is 35.5. The lowest BCUT2D eigenvalue weighted by Crippen LogP contribution is -2.58. The van der Waals surface area contributed by atoms with Crippen LogP contribution < -0.4 is 5.73 Å². The Morgan fingerprint density at radius 1 is 1.04 bits per heavy atom. The van der Waals surface area contributed by atoms with E-state index in [9.17, 15) is 30.7 Å². The summed E-state index contributed by atoms with van der Waals surface area (Å²) in [4.78, 5) is 2.89. The Kier molecular flexibility index (Phi) is 5.91. The van der Waals surface area contributed by atoms with Gasteiger partial charge in [0.1, 0.15) is 5.16 Å². The topological polar surface area (TPSA) is 38.4 Å². The van der Waals surface area contributed by atoms with Crippen LogP contribution in [0.2, 0.25) is 0 Å². The maximum atomic E-state index is 13.4. The third-order valence-corrected chi connectivity index (χ3v) is 3.33. The number of nitrogens with two attached hydrogens (primary N) is 1. The van der Waals surface area contributed by atoms with Crippen LogP contribution in [0.1, 0.15) is 18.9 Å². The highest BCUT2D eigenvalue weighted by Gasteiger charge is 2.74. The molecule has 0 atom stereocenters. The fraction of sp³-hybridized carbons (Fsp3) is 0.357. The van der Waals surface area contributed by atoms with E-state index in [1.165, 1.54) is 12.1 Å². The van der Waals surface area contributed by atoms with E-state index < -0.39 is 29.0 Å². The number of halogens is 8. The van der Waals surface area contributed by atoms with Crippen LogP contribution in [0.3, 0.4) is 0 Å². The van der Waals surface area contributed by atoms with E-state index >= 15 is 0 Å². The van der Waals surface area contributed by atoms with Crippen LogP contribution in [-0.2, 0) is 0 Å². The zero-order valence-corrected chi connectivity index (χ0v) is 12.9. The minimum atomic E-state index is -6.50. The molecule has 0 spiro atoms. The molecule has 1 aromatic carbocycles. The average molecular weight is 377 g/mol. The van der Waals surface area contributed by atoms with Gasteiger partial charge < -0.3 is 5.73 Å². The van der Waals surface area contributed by atoms with Crippen LogP contribution in [0.5, 0.6) is 0 Å². The fourth-order valence-electron chi connectivity index (χ4n) is 1.69. The molecule has 0 fully saturated rings. The Bertz CT molecular complexity index is 636. The summed E-state index contributed by atoms with van der Waals surface area (Å²) in [5, 5.41) is -0.696. The highest BCUT2D eigenvalue weighted by molar-refractivity contribution is 6.33. The molecule has 10 heteroatoms. The summed E-state index contributed by atoms with van der Waals surface area (Å²) in [6, 6.07) is 7.91. The van der Waals surface area contributed by atoms with Crippen molar-refractivity contribution in [2.24, 2.45) is 10.7 Å². The van der Waals surface area contributed by atoms with Crippen molar-refractivity contribution >= 4 is 23.0 Å². The molecule has 0 amide bonds. The Morgan fingerprint density at radius 2 is 1.54 bits per heavy atom. The molecule has 0 unspecified atom stereocenters. The summed E-state index contributed by atoms with van der Waals surface area (Å²) in [7, 11) is 0. The zero-order chi connectivity index (χ0) is 18.8. The highest BCUT2D eigenvalue weighted by Crippen LogP contribution is 2.46. The van der Waals surface area contributed by atoms with Gasteiger partial charge in [0.05, 0.1) is 0 Å². The molecule has 24 heavy (non-hydrogen) atoms. The Balaban J connectivity index is 3.35. The molecule has 2 N–H and O–H groups in total. The first-order valence-electron chi connectivity index (χ1n) is 6.47. The predicted octanol–water partition coefficient (Wildman–Crippen LogP) is 5.19. The summed E-state index contributed by atoms with van der Waals surface area (Å²) in [5.41, 5.74) is 5.30. The van der Waals surface area contributed by atoms with Crippen LogP contribution >= 0.6 is 11.6 Å². The van der Waals surface area contributed by atoms with Crippen molar-refractivity contribution < 1.29 is 30.7 Å². The molecule has 1 rings (SSSR count). The van der Waals surface area contributed by atoms with Gasteiger partial charge >= 0.3 is 18.0 Å². The Labute approximate surface area is 137 Å². The molecule has 0 aromatic heterocycles. The average Bonchev–Trinajstić information content (AvgIpc) is 2.47. The zero-order valence-electron chi connectivity index (χ0n) is 12.1. The summed E-state index contributed by atoms with van der Waals surface area (Å²) in [6.45, 7) is 1.57. The molecular weight excluding hydrogens is 365 g/mol. The van der Waals surface area contributed by atoms with Crippen LogP contribution in [-0.4, -0.2) is 23.9 Å². The smallest absolute Gasteiger partial charge is 0.382 e. The molecule has 2 nitrogen and oxygen atoms in total. The van der Waals surface area contributed by atoms with Gasteiger partial charge in [-0.3, -0.25) is 0 Å². The third kappa shape index (κ3) is 3.82. The van der Waals surface area contributed by atoms with E-state index in [4.69, 9.17) is 17.3 Å². The molecule has 0 aliphatic carbocycles. The van der Waals surface area contributed by atoms with Crippen molar-refractivity contribution in [3.8, 4) is 0 Å². The van der Waals surface area contributed by atoms with Gasteiger partial charge in [-0.05, 0) is 17.6 Å². The minimum Gasteiger partial charge on any atom is -0.382 e. The number of benzene rings is 1. The van der Waals surface area contributed by atoms with Crippen molar-refractivity contribution in [2.45, 2.75) is 31.4 Å². The van der Waals surface area contributed by atoms with E-state index in [1.54, 1.807) is 25.1 Å². The van der Waals surface area contributed by atoms with Gasteiger partial charge in [0, 0.05) is 0 Å². The van der Waals surface area contributed by atoms with Crippen LogP contribution in [0.25, 0.3) is 5.57 Å². The molecule has 1 aromatic rings. The second-order valence-electron chi connectivity index (χ2n) is 4.63. The van der Waals surface area contributed by atoms with Gasteiger partial charge in [-0.15, -0.1) is 0 Å². The first-order valence-corrected chi connectivity index (χ1v) is 6.85. The Hall–Kier alpha value is -1.77. The van der Waals surface area contributed by atoms with E-state index in [2.05, 4.69) is 4.99 Å². The van der Waals surface area contributed by atoms with Gasteiger partial charge in [0.2, 0.25) is 0 Å². The van der Waals surface area contributed by atoms with E-state index in [-0.39, 0.29) is 12.0 Å². The Morgan fingerprint density at radius 3 is 1.96 bits per heavy atom. The summed E-state index contributed by atoms with van der Waals surface area (Å²) in [6.07, 6.45) is -6.35. The first-order chi connectivity index (χ1) is 10.9. The number of rotatable bonds is 5. The number of aliphatic imine (C=N–C) groups is 1. The number of allylic oxidation sites excluding steroid dienone is 1. The van der Waals surface area contributed by atoms with Gasteiger partial charge in [0.25, 0.3) is 0 Å². The molecule has 0 saturated heterocycles. The molecule has 0 aliphatic heterocycles. The molecule has 0 radical (unpaired) electrons. The van der Waals surface area contributed by atoms with Crippen molar-refractivity contribution in [1.29, 1.82) is 0 Å². The summed E-state index contributed by atoms with van der Waals surface area (Å²) in [5.74, 6) is -14.4. The summed E-state index contributed by atoms with van der Waals surface area (Å²) < 4.78 is 89.1. The van der Waals surface area contributed by atoms with Gasteiger partial charge in [-0.1, -0.05) is 48.9 Å². The second-order valence-corrected chi connectivity index (χ2v) is 4.99. The standard InChI is InChI=1S/C14H12ClF7N2/c1-2-9(8-6-4-3-5-7-8)10(15)24-11(23)12(16,17)13(18,19)14(20,21)22/h3-7H,2H2,1H3,(H2,23,24)/b10-9+. The largest absolute Gasteiger partial charge is 0.460 e. The lowest BCUT2D eigenvalue weighted by atomic mass is 10.0. The molecule has 0 aliphatic rings. The van der Waals surface area contributed by atoms with Crippen LogP contribution in [0.4, 0.5) is 30.7 Å². The molecule has 0 heterocycles. The van der Waals surface area contributed by atoms with E-state index in [0.717, 1.165) is 0 Å². The number of alkyl halides is 7. The van der Waals surface area contributed by atoms with E-state index in [1.807, 2.05) is 0 Å². The van der Waals surface area contributed by atoms with Crippen LogP contribution in [0, 0.1) is 0 Å². The maximum Gasteiger partial charge on any atom is 0.460 e. The van der Waals surface area contributed by atoms with Gasteiger partial charge in [-0.2, -0.15) is 30.7 Å². The van der Waals surface area contributed by atoms with E-state index in [0.29, 0.717) is 5.56 Å². The lowest BCUT2D eigenvalue weighted by molar-refractivity contribution is -0.336. The third-order valence-electron chi connectivity index (χ3n) is 3.02. The SMILES string of the molecule is CC/C(=C(Cl)\N=C(\N)C(F)(F)C(F)(F)C(F)(F)F)c1ccccc1. The van der Waals surface area contributed by atoms with Gasteiger partial charge in [-0.25, -0.2) is 4.99 Å². The fourth-order valence-corrected chi connectivity index (χ4v) is 2.02. The van der Waals surface area contributed by atoms with Crippen molar-refractivity contribution in [2.75, 3.05) is 0 Å². The maximum absolute atomic E-state index is 13.4. The number of nitrogens with zero attached hydrogens (tertiary/aromatic N) is 1. The van der Waals surface area contributed by atoms with Crippen LogP contribution in [0.15, 0.2) is 40.5 Å². The monoisotopic (exact) mass is 376 g/mol. The minimum absolute atomic E-state index is 0.154. The quantitative estimate of drug-likeness (QED) is 0.326. The van der Waals surface area contributed by atoms with Gasteiger partial charge in [0.15, 0.2) is 5.84 Å². The molecule has 0 bridgehead atoms. The number of amidine groups is 1. The second kappa shape index (κ2) is 7.00. The number of hydrogen-bond donors (Lipinski definition) is 1. The molecule has 0 saturated carbocycles. The first kappa shape index (κ1) is 20.3. The van der Waals surface area contributed by atoms with Crippen molar-refractivity contribution in [1.82, 2.24) is 0 Å².